The zero-order chi connectivity index (χ0) is 20.7. The molecule has 0 saturated carbocycles. The van der Waals surface area contributed by atoms with Crippen molar-refractivity contribution >= 4 is 32.8 Å². The summed E-state index contributed by atoms with van der Waals surface area (Å²) in [5, 5.41) is 5.49. The van der Waals surface area contributed by atoms with Gasteiger partial charge in [-0.1, -0.05) is 23.7 Å². The van der Waals surface area contributed by atoms with E-state index in [-0.39, 0.29) is 17.9 Å². The molecule has 0 amide bonds. The summed E-state index contributed by atoms with van der Waals surface area (Å²) >= 11 is 5.97. The van der Waals surface area contributed by atoms with Gasteiger partial charge in [0.2, 0.25) is 0 Å². The summed E-state index contributed by atoms with van der Waals surface area (Å²) in [6.45, 7) is 0.0724. The van der Waals surface area contributed by atoms with Gasteiger partial charge >= 0.3 is 6.18 Å². The monoisotopic (exact) mass is 431 g/mol. The number of hydrogen-bond donors (Lipinski definition) is 1. The molecule has 0 bridgehead atoms. The average molecular weight is 432 g/mol. The topological polar surface area (TPSA) is 75.8 Å². The van der Waals surface area contributed by atoms with Crippen molar-refractivity contribution in [3.8, 4) is 0 Å². The van der Waals surface area contributed by atoms with Gasteiger partial charge in [0.1, 0.15) is 5.71 Å². The van der Waals surface area contributed by atoms with E-state index in [1.165, 1.54) is 29.3 Å². The van der Waals surface area contributed by atoms with Crippen LogP contribution in [0.4, 0.5) is 18.9 Å². The Hall–Kier alpha value is -2.10. The summed E-state index contributed by atoms with van der Waals surface area (Å²) in [4.78, 5) is 0.0897. The lowest BCUT2D eigenvalue weighted by molar-refractivity contribution is -0.0600. The molecule has 0 fully saturated rings. The van der Waals surface area contributed by atoms with E-state index < -0.39 is 27.8 Å². The molecule has 3 rings (SSSR count). The zero-order valence-corrected chi connectivity index (χ0v) is 16.3. The van der Waals surface area contributed by atoms with Gasteiger partial charge in [0.05, 0.1) is 16.6 Å². The summed E-state index contributed by atoms with van der Waals surface area (Å²) in [6.07, 6.45) is -3.88. The molecule has 0 saturated heterocycles. The molecular formula is C18H17ClF3N3O2S. The van der Waals surface area contributed by atoms with Crippen LogP contribution >= 0.6 is 11.6 Å². The van der Waals surface area contributed by atoms with Crippen molar-refractivity contribution in [2.45, 2.75) is 30.1 Å². The van der Waals surface area contributed by atoms with Gasteiger partial charge in [-0.25, -0.2) is 8.42 Å². The Morgan fingerprint density at radius 2 is 1.86 bits per heavy atom. The predicted octanol–water partition coefficient (Wildman–Crippen LogP) is 4.07. The Balaban J connectivity index is 2.07. The van der Waals surface area contributed by atoms with E-state index in [1.807, 2.05) is 0 Å². The van der Waals surface area contributed by atoms with Crippen LogP contribution in [0.5, 0.6) is 0 Å². The van der Waals surface area contributed by atoms with Crippen molar-refractivity contribution in [2.75, 3.05) is 11.3 Å². The van der Waals surface area contributed by atoms with E-state index in [4.69, 9.17) is 17.3 Å². The number of nitrogens with zero attached hydrogens (tertiary/aromatic N) is 2. The maximum atomic E-state index is 13.3. The van der Waals surface area contributed by atoms with E-state index in [9.17, 15) is 21.6 Å². The molecule has 0 aliphatic carbocycles. The normalized spacial score (nSPS) is 17.7. The van der Waals surface area contributed by atoms with Crippen LogP contribution in [-0.2, 0) is 16.4 Å². The van der Waals surface area contributed by atoms with E-state index in [1.54, 1.807) is 18.2 Å². The first kappa shape index (κ1) is 20.6. The smallest absolute Gasteiger partial charge is 0.326 e. The van der Waals surface area contributed by atoms with Crippen molar-refractivity contribution in [3.05, 3.63) is 58.6 Å². The molecule has 0 aromatic heterocycles. The quantitative estimate of drug-likeness (QED) is 0.791. The summed E-state index contributed by atoms with van der Waals surface area (Å²) in [5.41, 5.74) is 6.30. The van der Waals surface area contributed by atoms with Crippen LogP contribution in [0.3, 0.4) is 0 Å². The molecule has 28 heavy (non-hydrogen) atoms. The van der Waals surface area contributed by atoms with Crippen LogP contribution < -0.4 is 10.7 Å². The van der Waals surface area contributed by atoms with Crippen LogP contribution in [-0.4, -0.2) is 26.6 Å². The second kappa shape index (κ2) is 7.38. The molecule has 2 aromatic rings. The highest BCUT2D eigenvalue weighted by Gasteiger charge is 2.44. The lowest BCUT2D eigenvalue weighted by Crippen LogP contribution is -2.21. The maximum Gasteiger partial charge on any atom is 0.431 e. The number of hydrogen-bond acceptors (Lipinski definition) is 5. The number of halogens is 4. The van der Waals surface area contributed by atoms with Gasteiger partial charge in [0, 0.05) is 24.2 Å². The maximum absolute atomic E-state index is 13.3. The van der Waals surface area contributed by atoms with Gasteiger partial charge in [-0.15, -0.1) is 0 Å². The van der Waals surface area contributed by atoms with E-state index in [0.717, 1.165) is 6.26 Å². The van der Waals surface area contributed by atoms with Gasteiger partial charge < -0.3 is 5.73 Å². The minimum absolute atomic E-state index is 0.0724. The highest BCUT2D eigenvalue weighted by molar-refractivity contribution is 7.90. The average Bonchev–Trinajstić information content (AvgIpc) is 3.06. The summed E-state index contributed by atoms with van der Waals surface area (Å²) in [5.74, 6) is 0. The summed E-state index contributed by atoms with van der Waals surface area (Å²) in [6, 6.07) is 9.72. The number of anilines is 1. The lowest BCUT2D eigenvalue weighted by atomic mass is 10.0. The molecule has 10 heteroatoms. The third-order valence-corrected chi connectivity index (χ3v) is 5.80. The second-order valence-electron chi connectivity index (χ2n) is 6.43. The van der Waals surface area contributed by atoms with Crippen LogP contribution in [0.25, 0.3) is 0 Å². The third kappa shape index (κ3) is 4.16. The number of nitrogens with two attached hydrogens (primary N) is 1. The van der Waals surface area contributed by atoms with Gasteiger partial charge in [-0.05, 0) is 41.5 Å². The minimum atomic E-state index is -4.57. The van der Waals surface area contributed by atoms with E-state index >= 15 is 0 Å². The summed E-state index contributed by atoms with van der Waals surface area (Å²) in [7, 11) is -3.41. The fraction of sp³-hybridized carbons (Fsp3) is 0.278. The first-order valence-electron chi connectivity index (χ1n) is 8.23. The molecule has 1 atom stereocenters. The molecule has 1 heterocycles. The number of alkyl halides is 3. The van der Waals surface area contributed by atoms with Crippen LogP contribution in [0.15, 0.2) is 52.5 Å². The molecule has 1 aliphatic rings. The fourth-order valence-corrected chi connectivity index (χ4v) is 3.87. The molecule has 1 unspecified atom stereocenters. The molecule has 2 aromatic carbocycles. The standard InChI is InChI=1S/C18H17ClF3N3O2S/c1-28(26,27)14-5-2-11(3-6-14)16-9-17(18(20,21)22)24-25(16)15-7-4-13(19)8-12(15)10-23/h2-8,16H,9-10,23H2,1H3. The molecule has 0 radical (unpaired) electrons. The Morgan fingerprint density at radius 3 is 2.39 bits per heavy atom. The van der Waals surface area contributed by atoms with Crippen LogP contribution in [0.2, 0.25) is 5.02 Å². The molecular weight excluding hydrogens is 415 g/mol. The van der Waals surface area contributed by atoms with E-state index in [0.29, 0.717) is 21.8 Å². The van der Waals surface area contributed by atoms with Crippen molar-refractivity contribution in [1.29, 1.82) is 0 Å². The Morgan fingerprint density at radius 1 is 1.21 bits per heavy atom. The highest BCUT2D eigenvalue weighted by atomic mass is 35.5. The number of sulfone groups is 1. The SMILES string of the molecule is CS(=O)(=O)c1ccc(C2CC(C(F)(F)F)=NN2c2ccc(Cl)cc2CN)cc1. The van der Waals surface area contributed by atoms with Crippen molar-refractivity contribution in [2.24, 2.45) is 10.8 Å². The Labute approximate surface area is 165 Å². The fourth-order valence-electron chi connectivity index (χ4n) is 3.04. The van der Waals surface area contributed by atoms with Crippen molar-refractivity contribution in [3.63, 3.8) is 0 Å². The number of hydrazone groups is 1. The van der Waals surface area contributed by atoms with Crippen molar-refractivity contribution < 1.29 is 21.6 Å². The third-order valence-electron chi connectivity index (χ3n) is 4.44. The minimum Gasteiger partial charge on any atom is -0.326 e. The van der Waals surface area contributed by atoms with Gasteiger partial charge in [0.25, 0.3) is 0 Å². The van der Waals surface area contributed by atoms with E-state index in [2.05, 4.69) is 5.10 Å². The molecule has 1 aliphatic heterocycles. The highest BCUT2D eigenvalue weighted by Crippen LogP contribution is 2.41. The molecule has 150 valence electrons. The van der Waals surface area contributed by atoms with Crippen molar-refractivity contribution in [1.82, 2.24) is 0 Å². The van der Waals surface area contributed by atoms with Crippen LogP contribution in [0, 0.1) is 0 Å². The Kier molecular flexibility index (Phi) is 5.44. The van der Waals surface area contributed by atoms with Crippen LogP contribution in [0.1, 0.15) is 23.6 Å². The molecule has 2 N–H and O–H groups in total. The first-order chi connectivity index (χ1) is 13.0. The number of benzene rings is 2. The zero-order valence-electron chi connectivity index (χ0n) is 14.7. The van der Waals surface area contributed by atoms with Gasteiger partial charge in [-0.3, -0.25) is 5.01 Å². The molecule has 0 spiro atoms. The lowest BCUT2D eigenvalue weighted by Gasteiger charge is -2.26. The summed E-state index contributed by atoms with van der Waals surface area (Å²) < 4.78 is 63.3. The number of rotatable bonds is 4. The predicted molar refractivity (Wildman–Crippen MR) is 102 cm³/mol. The second-order valence-corrected chi connectivity index (χ2v) is 8.88. The first-order valence-corrected chi connectivity index (χ1v) is 10.5. The van der Waals surface area contributed by atoms with Gasteiger partial charge in [-0.2, -0.15) is 18.3 Å². The Bertz CT molecular complexity index is 1020. The van der Waals surface area contributed by atoms with Gasteiger partial charge in [0.15, 0.2) is 9.84 Å². The molecule has 5 nitrogen and oxygen atoms in total. The largest absolute Gasteiger partial charge is 0.431 e.